The number of hydrogen-bond donors (Lipinski definition) is 1. The molecule has 1 N–H and O–H groups in total. The van der Waals surface area contributed by atoms with Crippen LogP contribution in [0.2, 0.25) is 0 Å². The summed E-state index contributed by atoms with van der Waals surface area (Å²) in [6, 6.07) is 4.41. The third-order valence-electron chi connectivity index (χ3n) is 3.18. The molecule has 0 radical (unpaired) electrons. The number of aliphatic hydroxyl groups is 1. The molecular formula is C11H11N3O3. The zero-order valence-corrected chi connectivity index (χ0v) is 9.04. The van der Waals surface area contributed by atoms with Crippen LogP contribution < -0.4 is 0 Å². The molecule has 2 aliphatic heterocycles. The predicted molar refractivity (Wildman–Crippen MR) is 61.1 cm³/mol. The van der Waals surface area contributed by atoms with Crippen LogP contribution in [0.25, 0.3) is 0 Å². The number of nitro benzene ring substituents is 1. The number of nitrogens with zero attached hydrogens (tertiary/aromatic N) is 3. The SMILES string of the molecule is O=[N+]([O-])c1ccc2c(c1)C(O)N1CCCC1=N2. The van der Waals surface area contributed by atoms with Crippen LogP contribution in [0.1, 0.15) is 24.6 Å². The van der Waals surface area contributed by atoms with Crippen LogP contribution in [0.3, 0.4) is 0 Å². The summed E-state index contributed by atoms with van der Waals surface area (Å²) >= 11 is 0. The van der Waals surface area contributed by atoms with Crippen LogP contribution in [-0.4, -0.2) is 27.3 Å². The second-order valence-electron chi connectivity index (χ2n) is 4.20. The number of amidine groups is 1. The van der Waals surface area contributed by atoms with Gasteiger partial charge in [-0.05, 0) is 12.5 Å². The molecule has 0 bridgehead atoms. The first-order chi connectivity index (χ1) is 8.16. The fraction of sp³-hybridized carbons (Fsp3) is 0.364. The van der Waals surface area contributed by atoms with Crippen molar-refractivity contribution >= 4 is 17.2 Å². The number of non-ortho nitro benzene ring substituents is 1. The van der Waals surface area contributed by atoms with E-state index in [-0.39, 0.29) is 5.69 Å². The number of aliphatic hydroxyl groups excluding tert-OH is 1. The summed E-state index contributed by atoms with van der Waals surface area (Å²) in [5, 5.41) is 20.9. The first kappa shape index (κ1) is 10.2. The van der Waals surface area contributed by atoms with Crippen molar-refractivity contribution in [2.75, 3.05) is 6.54 Å². The van der Waals surface area contributed by atoms with Crippen LogP contribution in [0.5, 0.6) is 0 Å². The van der Waals surface area contributed by atoms with Crippen molar-refractivity contribution in [3.05, 3.63) is 33.9 Å². The second-order valence-corrected chi connectivity index (χ2v) is 4.20. The van der Waals surface area contributed by atoms with E-state index in [4.69, 9.17) is 0 Å². The van der Waals surface area contributed by atoms with E-state index in [1.807, 2.05) is 0 Å². The van der Waals surface area contributed by atoms with Gasteiger partial charge in [-0.1, -0.05) is 0 Å². The summed E-state index contributed by atoms with van der Waals surface area (Å²) in [4.78, 5) is 16.4. The van der Waals surface area contributed by atoms with Crippen molar-refractivity contribution in [2.24, 2.45) is 4.99 Å². The van der Waals surface area contributed by atoms with Crippen molar-refractivity contribution in [1.29, 1.82) is 0 Å². The molecule has 6 nitrogen and oxygen atoms in total. The molecule has 1 fully saturated rings. The molecule has 0 saturated carbocycles. The Morgan fingerprint density at radius 3 is 3.12 bits per heavy atom. The van der Waals surface area contributed by atoms with Gasteiger partial charge in [0.05, 0.1) is 10.6 Å². The Morgan fingerprint density at radius 1 is 1.53 bits per heavy atom. The maximum atomic E-state index is 10.7. The van der Waals surface area contributed by atoms with Crippen molar-refractivity contribution in [2.45, 2.75) is 19.1 Å². The van der Waals surface area contributed by atoms with E-state index in [1.165, 1.54) is 12.1 Å². The van der Waals surface area contributed by atoms with E-state index in [0.29, 0.717) is 11.3 Å². The third-order valence-corrected chi connectivity index (χ3v) is 3.18. The first-order valence-electron chi connectivity index (χ1n) is 5.47. The minimum Gasteiger partial charge on any atom is -0.369 e. The van der Waals surface area contributed by atoms with E-state index >= 15 is 0 Å². The van der Waals surface area contributed by atoms with Gasteiger partial charge in [-0.15, -0.1) is 0 Å². The van der Waals surface area contributed by atoms with Gasteiger partial charge in [0.1, 0.15) is 5.84 Å². The van der Waals surface area contributed by atoms with E-state index < -0.39 is 11.2 Å². The molecule has 0 amide bonds. The first-order valence-corrected chi connectivity index (χ1v) is 5.47. The summed E-state index contributed by atoms with van der Waals surface area (Å²) in [5.41, 5.74) is 1.14. The van der Waals surface area contributed by atoms with Crippen LogP contribution >= 0.6 is 0 Å². The molecular weight excluding hydrogens is 222 g/mol. The quantitative estimate of drug-likeness (QED) is 0.591. The molecule has 1 aromatic carbocycles. The van der Waals surface area contributed by atoms with Gasteiger partial charge in [-0.25, -0.2) is 4.99 Å². The lowest BCUT2D eigenvalue weighted by atomic mass is 10.1. The topological polar surface area (TPSA) is 79.0 Å². The summed E-state index contributed by atoms with van der Waals surface area (Å²) in [5.74, 6) is 0.874. The average molecular weight is 233 g/mol. The van der Waals surface area contributed by atoms with E-state index in [2.05, 4.69) is 4.99 Å². The Hall–Kier alpha value is -1.95. The Labute approximate surface area is 97.3 Å². The molecule has 0 spiro atoms. The molecule has 88 valence electrons. The minimum atomic E-state index is -0.806. The van der Waals surface area contributed by atoms with Gasteiger partial charge in [-0.3, -0.25) is 10.1 Å². The molecule has 1 saturated heterocycles. The minimum absolute atomic E-state index is 0.0133. The molecule has 1 atom stereocenters. The van der Waals surface area contributed by atoms with Crippen LogP contribution in [0, 0.1) is 10.1 Å². The fourth-order valence-electron chi connectivity index (χ4n) is 2.33. The molecule has 2 aliphatic rings. The molecule has 3 rings (SSSR count). The van der Waals surface area contributed by atoms with Gasteiger partial charge >= 0.3 is 0 Å². The zero-order chi connectivity index (χ0) is 12.0. The van der Waals surface area contributed by atoms with Gasteiger partial charge < -0.3 is 10.0 Å². The Balaban J connectivity index is 2.11. The lowest BCUT2D eigenvalue weighted by Gasteiger charge is -2.30. The van der Waals surface area contributed by atoms with E-state index in [1.54, 1.807) is 11.0 Å². The second kappa shape index (κ2) is 3.53. The maximum absolute atomic E-state index is 10.7. The van der Waals surface area contributed by atoms with Gasteiger partial charge in [0.2, 0.25) is 0 Å². The molecule has 2 heterocycles. The molecule has 6 heteroatoms. The molecule has 1 unspecified atom stereocenters. The smallest absolute Gasteiger partial charge is 0.270 e. The van der Waals surface area contributed by atoms with Crippen molar-refractivity contribution in [3.8, 4) is 0 Å². The fourth-order valence-corrected chi connectivity index (χ4v) is 2.33. The lowest BCUT2D eigenvalue weighted by Crippen LogP contribution is -2.32. The van der Waals surface area contributed by atoms with Gasteiger partial charge in [0, 0.05) is 30.7 Å². The maximum Gasteiger partial charge on any atom is 0.270 e. The number of hydrogen-bond acceptors (Lipinski definition) is 5. The standard InChI is InChI=1S/C11H11N3O3/c15-11-8-6-7(14(16)17)3-4-9(8)12-10-2-1-5-13(10)11/h3-4,6,11,15H,1-2,5H2. The van der Waals surface area contributed by atoms with E-state index in [0.717, 1.165) is 25.2 Å². The Kier molecular flexibility index (Phi) is 2.12. The van der Waals surface area contributed by atoms with Gasteiger partial charge in [0.25, 0.3) is 5.69 Å². The highest BCUT2D eigenvalue weighted by Gasteiger charge is 2.32. The summed E-state index contributed by atoms with van der Waals surface area (Å²) in [7, 11) is 0. The number of nitro groups is 1. The Morgan fingerprint density at radius 2 is 2.35 bits per heavy atom. The molecule has 1 aromatic rings. The van der Waals surface area contributed by atoms with Crippen LogP contribution in [-0.2, 0) is 0 Å². The third kappa shape index (κ3) is 1.49. The molecule has 0 aromatic heterocycles. The molecule has 0 aliphatic carbocycles. The largest absolute Gasteiger partial charge is 0.369 e. The average Bonchev–Trinajstić information content (AvgIpc) is 2.77. The van der Waals surface area contributed by atoms with Gasteiger partial charge in [0.15, 0.2) is 6.23 Å². The van der Waals surface area contributed by atoms with E-state index in [9.17, 15) is 15.2 Å². The Bertz CT molecular complexity index is 527. The predicted octanol–water partition coefficient (Wildman–Crippen LogP) is 1.73. The van der Waals surface area contributed by atoms with Crippen molar-refractivity contribution in [3.63, 3.8) is 0 Å². The highest BCUT2D eigenvalue weighted by Crippen LogP contribution is 2.38. The van der Waals surface area contributed by atoms with Gasteiger partial charge in [-0.2, -0.15) is 0 Å². The molecule has 17 heavy (non-hydrogen) atoms. The zero-order valence-electron chi connectivity index (χ0n) is 9.04. The highest BCUT2D eigenvalue weighted by atomic mass is 16.6. The summed E-state index contributed by atoms with van der Waals surface area (Å²) in [6.45, 7) is 0.752. The highest BCUT2D eigenvalue weighted by molar-refractivity contribution is 5.89. The lowest BCUT2D eigenvalue weighted by molar-refractivity contribution is -0.385. The number of benzene rings is 1. The van der Waals surface area contributed by atoms with Crippen molar-refractivity contribution < 1.29 is 10.0 Å². The summed E-state index contributed by atoms with van der Waals surface area (Å²) in [6.07, 6.45) is 1.01. The van der Waals surface area contributed by atoms with Crippen LogP contribution in [0.4, 0.5) is 11.4 Å². The van der Waals surface area contributed by atoms with Crippen LogP contribution in [0.15, 0.2) is 23.2 Å². The van der Waals surface area contributed by atoms with Crippen molar-refractivity contribution in [1.82, 2.24) is 4.90 Å². The normalized spacial score (nSPS) is 21.8. The monoisotopic (exact) mass is 233 g/mol. The number of rotatable bonds is 1. The summed E-state index contributed by atoms with van der Waals surface area (Å²) < 4.78 is 0. The number of fused-ring (bicyclic) bond motifs is 2. The number of aliphatic imine (C=N–C) groups is 1.